The molecule has 3 rings (SSSR count). The van der Waals surface area contributed by atoms with E-state index in [1.165, 1.54) is 24.3 Å². The van der Waals surface area contributed by atoms with Gasteiger partial charge < -0.3 is 25.6 Å². The summed E-state index contributed by atoms with van der Waals surface area (Å²) in [5, 5.41) is 25.7. The number of aromatic hydroxyl groups is 2. The largest absolute Gasteiger partial charge is 0.507 e. The molecule has 0 saturated heterocycles. The second-order valence-corrected chi connectivity index (χ2v) is 8.67. The molecule has 4 N–H and O–H groups in total. The van der Waals surface area contributed by atoms with Gasteiger partial charge in [0.2, 0.25) is 5.78 Å². The summed E-state index contributed by atoms with van der Waals surface area (Å²) in [6, 6.07) is 6.53. The summed E-state index contributed by atoms with van der Waals surface area (Å²) in [6.45, 7) is 6.00. The molecular weight excluding hydrogens is 428 g/mol. The Morgan fingerprint density at radius 1 is 0.879 bits per heavy atom. The number of carbonyl (C=O) groups is 4. The van der Waals surface area contributed by atoms with E-state index in [0.29, 0.717) is 25.9 Å². The Bertz CT molecular complexity index is 1130. The number of benzene rings is 2. The molecule has 0 spiro atoms. The lowest BCUT2D eigenvalue weighted by Crippen LogP contribution is -2.33. The number of phenols is 2. The Hall–Kier alpha value is -3.88. The lowest BCUT2D eigenvalue weighted by Gasteiger charge is -2.20. The van der Waals surface area contributed by atoms with Crippen molar-refractivity contribution in [3.05, 3.63) is 58.1 Å². The molecule has 9 nitrogen and oxygen atoms in total. The van der Waals surface area contributed by atoms with Crippen LogP contribution >= 0.6 is 0 Å². The Balaban J connectivity index is 1.60. The van der Waals surface area contributed by atoms with Crippen LogP contribution in [0.5, 0.6) is 11.5 Å². The fraction of sp³-hybridized carbons (Fsp3) is 0.333. The van der Waals surface area contributed by atoms with Crippen LogP contribution in [0.15, 0.2) is 30.3 Å². The number of phenolic OH excluding ortho intramolecular Hbond substituents is 2. The lowest BCUT2D eigenvalue weighted by atomic mass is 9.82. The standard InChI is InChI=1S/C24H26N2O7/c1-24(2,3)33-23(32)26-10-5-4-9-25-22(31)13-11-15-19(17(28)12-13)21(30)18-14(20(15)29)7-6-8-16(18)27/h6-8,11-12,27-28H,4-5,9-10H2,1-3H3,(H,25,31)(H,26,32). The smallest absolute Gasteiger partial charge is 0.407 e. The highest BCUT2D eigenvalue weighted by Gasteiger charge is 2.35. The number of fused-ring (bicyclic) bond motifs is 2. The quantitative estimate of drug-likeness (QED) is 0.420. The SMILES string of the molecule is CC(C)(C)OC(=O)NCCCCNC(=O)c1cc(O)c2c(c1)C(=O)c1cccc(O)c1C2=O. The number of rotatable bonds is 6. The molecule has 0 aromatic heterocycles. The molecular formula is C24H26N2O7. The summed E-state index contributed by atoms with van der Waals surface area (Å²) < 4.78 is 5.13. The van der Waals surface area contributed by atoms with Gasteiger partial charge in [0.05, 0.1) is 11.1 Å². The molecule has 1 aliphatic rings. The van der Waals surface area contributed by atoms with Crippen molar-refractivity contribution in [2.24, 2.45) is 0 Å². The van der Waals surface area contributed by atoms with Gasteiger partial charge in [-0.3, -0.25) is 14.4 Å². The third-order valence-corrected chi connectivity index (χ3v) is 4.92. The number of ketones is 2. The number of hydrogen-bond donors (Lipinski definition) is 4. The van der Waals surface area contributed by atoms with E-state index in [0.717, 1.165) is 6.07 Å². The first-order chi connectivity index (χ1) is 15.5. The lowest BCUT2D eigenvalue weighted by molar-refractivity contribution is 0.0526. The van der Waals surface area contributed by atoms with Gasteiger partial charge in [0.1, 0.15) is 17.1 Å². The number of carbonyl (C=O) groups excluding carboxylic acids is 4. The molecule has 2 aromatic rings. The maximum absolute atomic E-state index is 12.9. The number of ether oxygens (including phenoxy) is 1. The van der Waals surface area contributed by atoms with Gasteiger partial charge in [0.15, 0.2) is 5.78 Å². The van der Waals surface area contributed by atoms with Crippen LogP contribution in [-0.2, 0) is 4.74 Å². The molecule has 2 amide bonds. The molecule has 33 heavy (non-hydrogen) atoms. The Morgan fingerprint density at radius 2 is 1.52 bits per heavy atom. The number of nitrogens with one attached hydrogen (secondary N) is 2. The topological polar surface area (TPSA) is 142 Å². The van der Waals surface area contributed by atoms with Crippen molar-refractivity contribution in [3.8, 4) is 11.5 Å². The van der Waals surface area contributed by atoms with Crippen molar-refractivity contribution in [1.82, 2.24) is 10.6 Å². The van der Waals surface area contributed by atoms with Gasteiger partial charge in [-0.05, 0) is 51.8 Å². The van der Waals surface area contributed by atoms with E-state index < -0.39 is 34.9 Å². The highest BCUT2D eigenvalue weighted by atomic mass is 16.6. The first kappa shape index (κ1) is 23.8. The van der Waals surface area contributed by atoms with E-state index in [1.807, 2.05) is 0 Å². The zero-order valence-corrected chi connectivity index (χ0v) is 18.7. The minimum Gasteiger partial charge on any atom is -0.507 e. The Labute approximate surface area is 190 Å². The van der Waals surface area contributed by atoms with E-state index in [-0.39, 0.29) is 33.6 Å². The van der Waals surface area contributed by atoms with Gasteiger partial charge in [-0.1, -0.05) is 12.1 Å². The van der Waals surface area contributed by atoms with E-state index in [2.05, 4.69) is 10.6 Å². The van der Waals surface area contributed by atoms with Gasteiger partial charge in [-0.15, -0.1) is 0 Å². The first-order valence-electron chi connectivity index (χ1n) is 10.5. The van der Waals surface area contributed by atoms with E-state index in [9.17, 15) is 29.4 Å². The minimum atomic E-state index is -0.681. The summed E-state index contributed by atoms with van der Waals surface area (Å²) in [7, 11) is 0. The summed E-state index contributed by atoms with van der Waals surface area (Å²) in [5.41, 5.74) is -1.02. The third kappa shape index (κ3) is 5.31. The van der Waals surface area contributed by atoms with Crippen molar-refractivity contribution < 1.29 is 34.1 Å². The first-order valence-corrected chi connectivity index (χ1v) is 10.5. The third-order valence-electron chi connectivity index (χ3n) is 4.92. The van der Waals surface area contributed by atoms with Crippen LogP contribution in [0.1, 0.15) is 75.8 Å². The zero-order valence-electron chi connectivity index (χ0n) is 18.7. The molecule has 0 bridgehead atoms. The normalized spacial score (nSPS) is 12.6. The molecule has 0 atom stereocenters. The highest BCUT2D eigenvalue weighted by molar-refractivity contribution is 6.30. The fourth-order valence-corrected chi connectivity index (χ4v) is 3.47. The molecule has 0 heterocycles. The highest BCUT2D eigenvalue weighted by Crippen LogP contribution is 2.37. The Morgan fingerprint density at radius 3 is 2.18 bits per heavy atom. The summed E-state index contributed by atoms with van der Waals surface area (Å²) in [4.78, 5) is 49.7. The molecule has 0 radical (unpaired) electrons. The van der Waals surface area contributed by atoms with Gasteiger partial charge in [0, 0.05) is 29.8 Å². The molecule has 0 saturated carbocycles. The van der Waals surface area contributed by atoms with Gasteiger partial charge in [-0.25, -0.2) is 4.79 Å². The Kier molecular flexibility index (Phi) is 6.71. The van der Waals surface area contributed by atoms with Crippen molar-refractivity contribution in [2.75, 3.05) is 13.1 Å². The van der Waals surface area contributed by atoms with Crippen molar-refractivity contribution in [3.63, 3.8) is 0 Å². The maximum Gasteiger partial charge on any atom is 0.407 e. The number of unbranched alkanes of at least 4 members (excludes halogenated alkanes) is 1. The molecule has 0 fully saturated rings. The maximum atomic E-state index is 12.9. The monoisotopic (exact) mass is 454 g/mol. The molecule has 174 valence electrons. The van der Waals surface area contributed by atoms with Crippen LogP contribution in [0.2, 0.25) is 0 Å². The summed E-state index contributed by atoms with van der Waals surface area (Å²) in [5.74, 6) is -2.62. The van der Waals surface area contributed by atoms with Gasteiger partial charge in [-0.2, -0.15) is 0 Å². The molecule has 1 aliphatic carbocycles. The van der Waals surface area contributed by atoms with Gasteiger partial charge >= 0.3 is 6.09 Å². The van der Waals surface area contributed by atoms with Crippen LogP contribution in [0.3, 0.4) is 0 Å². The van der Waals surface area contributed by atoms with E-state index >= 15 is 0 Å². The molecule has 9 heteroatoms. The number of amides is 2. The van der Waals surface area contributed by atoms with Crippen molar-refractivity contribution in [1.29, 1.82) is 0 Å². The summed E-state index contributed by atoms with van der Waals surface area (Å²) in [6.07, 6.45) is 0.662. The van der Waals surface area contributed by atoms with Crippen LogP contribution in [0.25, 0.3) is 0 Å². The molecule has 0 unspecified atom stereocenters. The van der Waals surface area contributed by atoms with Gasteiger partial charge in [0.25, 0.3) is 5.91 Å². The predicted octanol–water partition coefficient (Wildman–Crippen LogP) is 2.91. The molecule has 0 aliphatic heterocycles. The molecule has 2 aromatic carbocycles. The van der Waals surface area contributed by atoms with Crippen LogP contribution in [0.4, 0.5) is 4.79 Å². The minimum absolute atomic E-state index is 0.0157. The second kappa shape index (κ2) is 9.32. The number of hydrogen-bond acceptors (Lipinski definition) is 7. The summed E-state index contributed by atoms with van der Waals surface area (Å²) >= 11 is 0. The predicted molar refractivity (Wildman–Crippen MR) is 119 cm³/mol. The second-order valence-electron chi connectivity index (χ2n) is 8.67. The van der Waals surface area contributed by atoms with E-state index in [4.69, 9.17) is 4.74 Å². The van der Waals surface area contributed by atoms with Crippen molar-refractivity contribution >= 4 is 23.6 Å². The van der Waals surface area contributed by atoms with Crippen LogP contribution in [-0.4, -0.2) is 52.5 Å². The van der Waals surface area contributed by atoms with E-state index in [1.54, 1.807) is 20.8 Å². The van der Waals surface area contributed by atoms with Crippen LogP contribution < -0.4 is 10.6 Å². The number of alkyl carbamates (subject to hydrolysis) is 1. The fourth-order valence-electron chi connectivity index (χ4n) is 3.47. The average Bonchev–Trinajstić information content (AvgIpc) is 2.72. The average molecular weight is 454 g/mol. The van der Waals surface area contributed by atoms with Crippen LogP contribution in [0, 0.1) is 0 Å². The van der Waals surface area contributed by atoms with Crippen molar-refractivity contribution in [2.45, 2.75) is 39.2 Å². The zero-order chi connectivity index (χ0) is 24.3.